The highest BCUT2D eigenvalue weighted by atomic mass is 32.2. The van der Waals surface area contributed by atoms with Crippen molar-refractivity contribution in [3.05, 3.63) is 35.6 Å². The Balaban J connectivity index is 2.77. The zero-order valence-corrected chi connectivity index (χ0v) is 13.6. The van der Waals surface area contributed by atoms with Crippen LogP contribution in [0.25, 0.3) is 0 Å². The molecule has 0 aliphatic carbocycles. The summed E-state index contributed by atoms with van der Waals surface area (Å²) in [4.78, 5) is 12.0. The quantitative estimate of drug-likeness (QED) is 0.821. The molecule has 0 aromatic heterocycles. The Labute approximate surface area is 127 Å². The highest BCUT2D eigenvalue weighted by molar-refractivity contribution is 7.82. The molecule has 21 heavy (non-hydrogen) atoms. The van der Waals surface area contributed by atoms with Crippen LogP contribution in [0.5, 0.6) is 0 Å². The lowest BCUT2D eigenvalue weighted by Crippen LogP contribution is -2.48. The third-order valence-electron chi connectivity index (χ3n) is 2.88. The van der Waals surface area contributed by atoms with Gasteiger partial charge in [0.1, 0.15) is 11.9 Å². The van der Waals surface area contributed by atoms with Gasteiger partial charge >= 0.3 is 5.97 Å². The monoisotopic (exact) mass is 315 g/mol. The number of carbonyl (C=O) groups excluding carboxylic acids is 1. The average Bonchev–Trinajstić information content (AvgIpc) is 2.37. The smallest absolute Gasteiger partial charge is 0.324 e. The number of hydrogen-bond acceptors (Lipinski definition) is 3. The first kappa shape index (κ1) is 17.8. The van der Waals surface area contributed by atoms with Gasteiger partial charge in [0.25, 0.3) is 0 Å². The Morgan fingerprint density at radius 1 is 1.38 bits per heavy atom. The molecule has 0 fully saturated rings. The molecule has 1 aromatic carbocycles. The summed E-state index contributed by atoms with van der Waals surface area (Å²) >= 11 is 0. The average molecular weight is 315 g/mol. The molecule has 1 aromatic rings. The molecule has 0 aliphatic heterocycles. The van der Waals surface area contributed by atoms with E-state index in [2.05, 4.69) is 4.72 Å². The summed E-state index contributed by atoms with van der Waals surface area (Å²) in [6.07, 6.45) is 0. The molecule has 0 spiro atoms. The van der Waals surface area contributed by atoms with Crippen LogP contribution in [0.3, 0.4) is 0 Å². The molecule has 4 nitrogen and oxygen atoms in total. The largest absolute Gasteiger partial charge is 0.465 e. The Bertz CT molecular complexity index is 514. The van der Waals surface area contributed by atoms with E-state index in [1.54, 1.807) is 25.1 Å². The van der Waals surface area contributed by atoms with Gasteiger partial charge in [-0.3, -0.25) is 4.79 Å². The van der Waals surface area contributed by atoms with Gasteiger partial charge in [-0.05, 0) is 18.4 Å². The van der Waals surface area contributed by atoms with Crippen LogP contribution in [0, 0.1) is 11.2 Å². The molecule has 6 heteroatoms. The van der Waals surface area contributed by atoms with E-state index in [1.807, 2.05) is 20.8 Å². The summed E-state index contributed by atoms with van der Waals surface area (Å²) in [5.74, 6) is -0.860. The van der Waals surface area contributed by atoms with E-state index >= 15 is 0 Å². The zero-order chi connectivity index (χ0) is 16.0. The van der Waals surface area contributed by atoms with Crippen molar-refractivity contribution < 1.29 is 18.1 Å². The molecule has 0 radical (unpaired) electrons. The van der Waals surface area contributed by atoms with Crippen molar-refractivity contribution in [2.24, 2.45) is 5.41 Å². The Morgan fingerprint density at radius 3 is 2.52 bits per heavy atom. The van der Waals surface area contributed by atoms with E-state index in [4.69, 9.17) is 4.74 Å². The summed E-state index contributed by atoms with van der Waals surface area (Å²) in [6, 6.07) is 5.43. The summed E-state index contributed by atoms with van der Waals surface area (Å²) in [7, 11) is -1.57. The lowest BCUT2D eigenvalue weighted by atomic mass is 9.87. The van der Waals surface area contributed by atoms with Crippen molar-refractivity contribution in [2.75, 3.05) is 6.61 Å². The third kappa shape index (κ3) is 5.55. The second-order valence-corrected chi connectivity index (χ2v) is 6.97. The maximum Gasteiger partial charge on any atom is 0.324 e. The van der Waals surface area contributed by atoms with Crippen LogP contribution < -0.4 is 4.72 Å². The molecule has 0 saturated heterocycles. The first-order valence-corrected chi connectivity index (χ1v) is 8.12. The Morgan fingerprint density at radius 2 is 2.00 bits per heavy atom. The highest BCUT2D eigenvalue weighted by Crippen LogP contribution is 2.21. The number of rotatable bonds is 6. The molecule has 2 atom stereocenters. The molecule has 0 amide bonds. The molecular formula is C15H22FNO3S. The summed E-state index contributed by atoms with van der Waals surface area (Å²) < 4.78 is 33.4. The van der Waals surface area contributed by atoms with Crippen molar-refractivity contribution in [3.63, 3.8) is 0 Å². The maximum absolute atomic E-state index is 13.5. The number of benzene rings is 1. The van der Waals surface area contributed by atoms with Gasteiger partial charge in [0.05, 0.1) is 23.3 Å². The summed E-state index contributed by atoms with van der Waals surface area (Å²) in [5.41, 5.74) is -0.114. The van der Waals surface area contributed by atoms with Crippen LogP contribution >= 0.6 is 0 Å². The minimum Gasteiger partial charge on any atom is -0.465 e. The number of halogens is 1. The first-order chi connectivity index (χ1) is 9.75. The molecule has 1 N–H and O–H groups in total. The minimum atomic E-state index is -1.57. The van der Waals surface area contributed by atoms with Crippen molar-refractivity contribution in [2.45, 2.75) is 39.5 Å². The SMILES string of the molecule is CCOC(=O)[C@@H](N[S@@](=O)Cc1ccccc1F)C(C)(C)C. The molecule has 0 saturated carbocycles. The zero-order valence-electron chi connectivity index (χ0n) is 12.8. The van der Waals surface area contributed by atoms with Gasteiger partial charge in [0.15, 0.2) is 0 Å². The molecule has 0 aliphatic rings. The number of hydrogen-bond donors (Lipinski definition) is 1. The van der Waals surface area contributed by atoms with E-state index in [0.29, 0.717) is 5.56 Å². The molecule has 0 bridgehead atoms. The standard InChI is InChI=1S/C15H22FNO3S/c1-5-20-14(18)13(15(2,3)4)17-21(19)10-11-8-6-7-9-12(11)16/h6-9,13,17H,5,10H2,1-4H3/t13-,21+/m1/s1. The third-order valence-corrected chi connectivity index (χ3v) is 3.95. The van der Waals surface area contributed by atoms with Gasteiger partial charge in [-0.15, -0.1) is 0 Å². The van der Waals surface area contributed by atoms with Gasteiger partial charge in [0.2, 0.25) is 0 Å². The predicted molar refractivity (Wildman–Crippen MR) is 81.3 cm³/mol. The summed E-state index contributed by atoms with van der Waals surface area (Å²) in [6.45, 7) is 7.52. The lowest BCUT2D eigenvalue weighted by molar-refractivity contribution is -0.147. The topological polar surface area (TPSA) is 55.4 Å². The number of nitrogens with one attached hydrogen (secondary N) is 1. The van der Waals surface area contributed by atoms with Gasteiger partial charge in [-0.1, -0.05) is 39.0 Å². The molecule has 1 rings (SSSR count). The van der Waals surface area contributed by atoms with Crippen LogP contribution in [0.2, 0.25) is 0 Å². The predicted octanol–water partition coefficient (Wildman–Crippen LogP) is 2.56. The number of esters is 1. The minimum absolute atomic E-state index is 0.00133. The fraction of sp³-hybridized carbons (Fsp3) is 0.533. The van der Waals surface area contributed by atoms with Crippen molar-refractivity contribution >= 4 is 17.0 Å². The van der Waals surface area contributed by atoms with Gasteiger partial charge in [0, 0.05) is 5.56 Å². The fourth-order valence-electron chi connectivity index (χ4n) is 1.73. The van der Waals surface area contributed by atoms with E-state index in [1.165, 1.54) is 6.07 Å². The van der Waals surface area contributed by atoms with Crippen LogP contribution in [0.1, 0.15) is 33.3 Å². The van der Waals surface area contributed by atoms with Crippen LogP contribution in [-0.4, -0.2) is 22.8 Å². The van der Waals surface area contributed by atoms with Crippen LogP contribution in [-0.2, 0) is 26.3 Å². The number of carbonyl (C=O) groups is 1. The number of ether oxygens (including phenoxy) is 1. The van der Waals surface area contributed by atoms with Gasteiger partial charge in [-0.25, -0.2) is 13.3 Å². The highest BCUT2D eigenvalue weighted by Gasteiger charge is 2.33. The van der Waals surface area contributed by atoms with E-state index in [-0.39, 0.29) is 12.4 Å². The fourth-order valence-corrected chi connectivity index (χ4v) is 3.05. The lowest BCUT2D eigenvalue weighted by Gasteiger charge is -2.29. The van der Waals surface area contributed by atoms with Crippen molar-refractivity contribution in [1.82, 2.24) is 4.72 Å². The maximum atomic E-state index is 13.5. The van der Waals surface area contributed by atoms with Crippen molar-refractivity contribution in [3.8, 4) is 0 Å². The van der Waals surface area contributed by atoms with Gasteiger partial charge in [-0.2, -0.15) is 0 Å². The Kier molecular flexibility index (Phi) is 6.48. The van der Waals surface area contributed by atoms with Crippen LogP contribution in [0.15, 0.2) is 24.3 Å². The second-order valence-electron chi connectivity index (χ2n) is 5.75. The molecule has 0 unspecified atom stereocenters. The first-order valence-electron chi connectivity index (χ1n) is 6.80. The normalized spacial score (nSPS) is 14.5. The van der Waals surface area contributed by atoms with Gasteiger partial charge < -0.3 is 4.74 Å². The molecule has 118 valence electrons. The van der Waals surface area contributed by atoms with E-state index in [0.717, 1.165) is 0 Å². The summed E-state index contributed by atoms with van der Waals surface area (Å²) in [5, 5.41) is 0. The second kappa shape index (κ2) is 7.66. The van der Waals surface area contributed by atoms with E-state index in [9.17, 15) is 13.4 Å². The van der Waals surface area contributed by atoms with Crippen LogP contribution in [0.4, 0.5) is 4.39 Å². The van der Waals surface area contributed by atoms with E-state index < -0.39 is 34.2 Å². The van der Waals surface area contributed by atoms with Crippen molar-refractivity contribution in [1.29, 1.82) is 0 Å². The molecular weight excluding hydrogens is 293 g/mol. The Hall–Kier alpha value is -1.27. The molecule has 0 heterocycles.